The number of hydrogen-bond donors (Lipinski definition) is 0. The predicted molar refractivity (Wildman–Crippen MR) is 52.0 cm³/mol. The molecule has 0 atom stereocenters. The predicted octanol–water partition coefficient (Wildman–Crippen LogP) is 2.65. The Labute approximate surface area is 65.8 Å². The summed E-state index contributed by atoms with van der Waals surface area (Å²) in [7, 11) is 0. The van der Waals surface area contributed by atoms with Crippen LogP contribution in [0, 0.1) is 0 Å². The summed E-state index contributed by atoms with van der Waals surface area (Å²) >= 11 is 7.33. The lowest BCUT2D eigenvalue weighted by atomic mass is 12.0. The van der Waals surface area contributed by atoms with Crippen molar-refractivity contribution in [3.8, 4) is 0 Å². The van der Waals surface area contributed by atoms with E-state index >= 15 is 0 Å². The van der Waals surface area contributed by atoms with E-state index < -0.39 is 0 Å². The normalized spacial score (nSPS) is 0.571. The van der Waals surface area contributed by atoms with Crippen molar-refractivity contribution in [3.63, 3.8) is 0 Å². The average molecular weight is 162 g/mol. The van der Waals surface area contributed by atoms with Crippen LogP contribution in [0.15, 0.2) is 0 Å². The molecule has 3 heteroatoms. The van der Waals surface area contributed by atoms with Crippen LogP contribution in [0.5, 0.6) is 0 Å². The molecule has 0 spiro atoms. The van der Waals surface area contributed by atoms with Gasteiger partial charge in [-0.15, -0.1) is 0 Å². The lowest BCUT2D eigenvalue weighted by Gasteiger charge is -0.707. The molecular weight excluding hydrogens is 144 g/mol. The summed E-state index contributed by atoms with van der Waals surface area (Å²) in [4.78, 5) is 0. The van der Waals surface area contributed by atoms with Crippen LogP contribution >= 0.6 is 13.5 Å². The highest BCUT2D eigenvalue weighted by Crippen LogP contribution is 0.705. The van der Waals surface area contributed by atoms with E-state index in [1.54, 1.807) is 0 Å². The van der Waals surface area contributed by atoms with Gasteiger partial charge in [-0.2, -0.15) is 13.5 Å². The molecule has 0 heterocycles. The highest BCUT2D eigenvalue weighted by atomic mass is 32.8. The van der Waals surface area contributed by atoms with Gasteiger partial charge in [0.05, 0.1) is 0 Å². The van der Waals surface area contributed by atoms with E-state index in [4.69, 9.17) is 0 Å². The Balaban J connectivity index is -0.000000000500. The maximum absolute atomic E-state index is 3.67. The minimum atomic E-state index is 0. The molecular formula is C4H18S3. The van der Waals surface area contributed by atoms with E-state index in [-0.39, 0.29) is 43.2 Å². The fourth-order valence-electron chi connectivity index (χ4n) is 0. The molecule has 0 amide bonds. The third-order valence-electron chi connectivity index (χ3n) is 0. The maximum atomic E-state index is 3.67. The molecule has 0 radical (unpaired) electrons. The van der Waals surface area contributed by atoms with Crippen molar-refractivity contribution in [2.45, 2.75) is 29.7 Å². The standard InChI is InChI=1S/4CH4.S2.H2S/c;;;;1-2;/h4*1H4;;1H2. The first kappa shape index (κ1) is 112. The van der Waals surface area contributed by atoms with Crippen LogP contribution in [0.2, 0.25) is 0 Å². The fraction of sp³-hybridized carbons (Fsp3) is 1.00. The SMILES string of the molecule is C.C.C.C.S.S=S. The van der Waals surface area contributed by atoms with Crippen molar-refractivity contribution >= 4 is 35.9 Å². The van der Waals surface area contributed by atoms with Gasteiger partial charge >= 0.3 is 0 Å². The van der Waals surface area contributed by atoms with Gasteiger partial charge in [0.1, 0.15) is 0 Å². The van der Waals surface area contributed by atoms with E-state index in [1.165, 1.54) is 0 Å². The van der Waals surface area contributed by atoms with Crippen LogP contribution in [0.1, 0.15) is 29.7 Å². The summed E-state index contributed by atoms with van der Waals surface area (Å²) in [5.74, 6) is 0. The van der Waals surface area contributed by atoms with Crippen LogP contribution in [0.4, 0.5) is 0 Å². The van der Waals surface area contributed by atoms with Crippen molar-refractivity contribution in [2.75, 3.05) is 0 Å². The molecule has 0 aliphatic heterocycles. The molecule has 0 nitrogen and oxygen atoms in total. The molecule has 0 unspecified atom stereocenters. The van der Waals surface area contributed by atoms with Crippen LogP contribution in [-0.2, 0) is 22.4 Å². The van der Waals surface area contributed by atoms with Crippen molar-refractivity contribution in [1.82, 2.24) is 0 Å². The van der Waals surface area contributed by atoms with Gasteiger partial charge in [0.25, 0.3) is 0 Å². The van der Waals surface area contributed by atoms with E-state index in [0.717, 1.165) is 0 Å². The summed E-state index contributed by atoms with van der Waals surface area (Å²) in [5.41, 5.74) is 0. The monoisotopic (exact) mass is 162 g/mol. The van der Waals surface area contributed by atoms with Crippen LogP contribution in [0.3, 0.4) is 0 Å². The molecule has 7 heavy (non-hydrogen) atoms. The Morgan fingerprint density at radius 2 is 0.571 bits per heavy atom. The molecule has 0 aromatic heterocycles. The average Bonchev–Trinajstić information content (AvgIpc) is 1.00. The quantitative estimate of drug-likeness (QED) is 0.537. The smallest absolute Gasteiger partial charge is 0 e. The van der Waals surface area contributed by atoms with Crippen LogP contribution in [0.25, 0.3) is 0 Å². The second kappa shape index (κ2) is 365. The van der Waals surface area contributed by atoms with Gasteiger partial charge in [-0.05, 0) is 0 Å². The van der Waals surface area contributed by atoms with E-state index in [0.29, 0.717) is 0 Å². The fourth-order valence-corrected chi connectivity index (χ4v) is 0. The lowest BCUT2D eigenvalue weighted by molar-refractivity contribution is 2.50. The summed E-state index contributed by atoms with van der Waals surface area (Å²) in [5, 5.41) is 0. The number of rotatable bonds is 0. The van der Waals surface area contributed by atoms with E-state index in [2.05, 4.69) is 22.4 Å². The largest absolute Gasteiger partial charge is 0.197 e. The zero-order valence-electron chi connectivity index (χ0n) is 1.32. The first-order valence-corrected chi connectivity index (χ1v) is 1.50. The minimum Gasteiger partial charge on any atom is -0.197 e. The van der Waals surface area contributed by atoms with Gasteiger partial charge in [-0.25, -0.2) is 0 Å². The molecule has 0 aromatic carbocycles. The maximum Gasteiger partial charge on any atom is 0 e. The molecule has 0 bridgehead atoms. The van der Waals surface area contributed by atoms with Crippen molar-refractivity contribution in [2.24, 2.45) is 0 Å². The Bertz CT molecular complexity index is 6.90. The van der Waals surface area contributed by atoms with Gasteiger partial charge < -0.3 is 0 Å². The highest BCUT2D eigenvalue weighted by Gasteiger charge is 0.707. The van der Waals surface area contributed by atoms with E-state index in [1.807, 2.05) is 0 Å². The highest BCUT2D eigenvalue weighted by molar-refractivity contribution is 8.07. The minimum absolute atomic E-state index is 0. The van der Waals surface area contributed by atoms with Crippen LogP contribution in [-0.4, -0.2) is 0 Å². The first-order chi connectivity index (χ1) is 1.00. The third kappa shape index (κ3) is 250. The molecule has 0 N–H and O–H groups in total. The Morgan fingerprint density at radius 1 is 0.571 bits per heavy atom. The molecule has 0 rings (SSSR count). The van der Waals surface area contributed by atoms with Crippen molar-refractivity contribution in [3.05, 3.63) is 0 Å². The second-order valence-electron chi connectivity index (χ2n) is 0. The molecule has 0 aromatic rings. The molecule has 0 fully saturated rings. The van der Waals surface area contributed by atoms with Crippen molar-refractivity contribution in [1.29, 1.82) is 0 Å². The molecule has 0 aliphatic carbocycles. The zero-order chi connectivity index (χ0) is 2.00. The van der Waals surface area contributed by atoms with Gasteiger partial charge in [0.2, 0.25) is 0 Å². The number of hydrogen-bond acceptors (Lipinski definition) is 2. The molecule has 0 aliphatic rings. The third-order valence-corrected chi connectivity index (χ3v) is 0. The Morgan fingerprint density at radius 3 is 0.571 bits per heavy atom. The molecule has 0 saturated heterocycles. The Kier molecular flexibility index (Phi) is 5840. The molecule has 52 valence electrons. The van der Waals surface area contributed by atoms with E-state index in [9.17, 15) is 0 Å². The van der Waals surface area contributed by atoms with Crippen molar-refractivity contribution < 1.29 is 0 Å². The lowest BCUT2D eigenvalue weighted by Crippen LogP contribution is -0.710. The second-order valence-corrected chi connectivity index (χ2v) is 0. The molecule has 0 saturated carbocycles. The first-order valence-electron chi connectivity index (χ1n) is 0.167. The Hall–Kier alpha value is 0.790. The topological polar surface area (TPSA) is 0 Å². The zero-order valence-corrected chi connectivity index (χ0v) is 3.95. The van der Waals surface area contributed by atoms with Gasteiger partial charge in [-0.1, -0.05) is 29.7 Å². The summed E-state index contributed by atoms with van der Waals surface area (Å²) in [6.45, 7) is 0. The summed E-state index contributed by atoms with van der Waals surface area (Å²) in [6, 6.07) is 0. The van der Waals surface area contributed by atoms with Gasteiger partial charge in [0, 0.05) is 22.4 Å². The van der Waals surface area contributed by atoms with Gasteiger partial charge in [-0.3, -0.25) is 0 Å². The summed E-state index contributed by atoms with van der Waals surface area (Å²) < 4.78 is 0. The van der Waals surface area contributed by atoms with Gasteiger partial charge in [0.15, 0.2) is 0 Å². The summed E-state index contributed by atoms with van der Waals surface area (Å²) in [6.07, 6.45) is 0. The van der Waals surface area contributed by atoms with Crippen LogP contribution < -0.4 is 0 Å².